The fraction of sp³-hybridized carbons (Fsp3) is 0.280. The first-order valence-electron chi connectivity index (χ1n) is 10.8. The minimum absolute atomic E-state index is 0.0671. The van der Waals surface area contributed by atoms with Gasteiger partial charge in [0.15, 0.2) is 11.5 Å². The Morgan fingerprint density at radius 1 is 1.23 bits per heavy atom. The maximum Gasteiger partial charge on any atom is 0.255 e. The lowest BCUT2D eigenvalue weighted by atomic mass is 10.0. The second-order valence-corrected chi connectivity index (χ2v) is 8.09. The molecule has 31 heavy (non-hydrogen) atoms. The van der Waals surface area contributed by atoms with Gasteiger partial charge in [-0.3, -0.25) is 9.69 Å². The highest BCUT2D eigenvalue weighted by atomic mass is 16.3. The average molecular weight is 415 g/mol. The number of oxazole rings is 1. The number of aromatic nitrogens is 1. The van der Waals surface area contributed by atoms with Crippen molar-refractivity contribution in [3.05, 3.63) is 83.7 Å². The summed E-state index contributed by atoms with van der Waals surface area (Å²) in [5.41, 5.74) is 5.28. The van der Waals surface area contributed by atoms with E-state index in [1.54, 1.807) is 11.0 Å². The Balaban J connectivity index is 1.46. The molecule has 3 aliphatic heterocycles. The zero-order valence-electron chi connectivity index (χ0n) is 17.8. The number of benzene rings is 1. The zero-order valence-corrected chi connectivity index (χ0v) is 17.8. The van der Waals surface area contributed by atoms with Gasteiger partial charge < -0.3 is 14.6 Å². The second kappa shape index (κ2) is 8.04. The van der Waals surface area contributed by atoms with Gasteiger partial charge in [0, 0.05) is 50.1 Å². The number of hydrogen-bond acceptors (Lipinski definition) is 5. The Morgan fingerprint density at radius 3 is 2.94 bits per heavy atom. The van der Waals surface area contributed by atoms with Crippen molar-refractivity contribution >= 4 is 22.6 Å². The molecule has 0 bridgehead atoms. The molecular weight excluding hydrogens is 388 g/mol. The minimum atomic E-state index is -0.0671. The van der Waals surface area contributed by atoms with Gasteiger partial charge in [0.1, 0.15) is 5.52 Å². The standard InChI is InChI=1S/C25H26N4O2/c1-3-24-27-22-10-7-19(13-23(22)31-24)18-5-4-6-20-8-9-21(16-29(20)25(30)14-18)28-12-11-26-17(2)15-28/h4-10,13-14,16-17,26H,3,11-12,15H2,1-2H3/b5-4?,18-14?,20-6+/t17-/m0/s1. The van der Waals surface area contributed by atoms with E-state index in [1.165, 1.54) is 0 Å². The SMILES string of the molecule is CCc1nc2ccc(C3=CC(=O)N4C=C(N5CCN[C@@H](C)C5)C=C/C4=C\C=C3)cc2o1. The maximum absolute atomic E-state index is 13.2. The molecule has 0 unspecified atom stereocenters. The van der Waals surface area contributed by atoms with Gasteiger partial charge in [-0.15, -0.1) is 0 Å². The minimum Gasteiger partial charge on any atom is -0.441 e. The van der Waals surface area contributed by atoms with Gasteiger partial charge in [0.25, 0.3) is 5.91 Å². The first-order valence-corrected chi connectivity index (χ1v) is 10.8. The summed E-state index contributed by atoms with van der Waals surface area (Å²) in [5, 5.41) is 3.46. The highest BCUT2D eigenvalue weighted by Gasteiger charge is 2.23. The normalized spacial score (nSPS) is 23.1. The van der Waals surface area contributed by atoms with Crippen LogP contribution in [0.2, 0.25) is 0 Å². The average Bonchev–Trinajstić information content (AvgIpc) is 3.19. The Bertz CT molecular complexity index is 1180. The van der Waals surface area contributed by atoms with E-state index in [2.05, 4.69) is 28.2 Å². The number of fused-ring (bicyclic) bond motifs is 2. The number of piperazine rings is 1. The molecule has 1 fully saturated rings. The Kier molecular flexibility index (Phi) is 5.08. The molecule has 1 aromatic heterocycles. The molecule has 0 aliphatic carbocycles. The number of hydrogen-bond donors (Lipinski definition) is 1. The van der Waals surface area contributed by atoms with E-state index in [0.717, 1.165) is 65.6 Å². The summed E-state index contributed by atoms with van der Waals surface area (Å²) in [4.78, 5) is 21.7. The van der Waals surface area contributed by atoms with Crippen LogP contribution in [0.25, 0.3) is 16.7 Å². The third-order valence-corrected chi connectivity index (χ3v) is 5.83. The van der Waals surface area contributed by atoms with Gasteiger partial charge in [-0.2, -0.15) is 0 Å². The van der Waals surface area contributed by atoms with Crippen LogP contribution in [-0.4, -0.2) is 46.4 Å². The zero-order chi connectivity index (χ0) is 21.4. The highest BCUT2D eigenvalue weighted by molar-refractivity contribution is 6.00. The van der Waals surface area contributed by atoms with E-state index in [-0.39, 0.29) is 5.91 Å². The van der Waals surface area contributed by atoms with Crippen molar-refractivity contribution in [2.24, 2.45) is 0 Å². The molecule has 1 atom stereocenters. The summed E-state index contributed by atoms with van der Waals surface area (Å²) in [6.45, 7) is 7.00. The maximum atomic E-state index is 13.2. The molecule has 6 nitrogen and oxygen atoms in total. The van der Waals surface area contributed by atoms with Crippen LogP contribution >= 0.6 is 0 Å². The second-order valence-electron chi connectivity index (χ2n) is 8.09. The largest absolute Gasteiger partial charge is 0.441 e. The number of amides is 1. The van der Waals surface area contributed by atoms with Gasteiger partial charge in [-0.05, 0) is 48.4 Å². The first-order chi connectivity index (χ1) is 15.1. The van der Waals surface area contributed by atoms with Crippen LogP contribution in [0, 0.1) is 0 Å². The quantitative estimate of drug-likeness (QED) is 0.829. The van der Waals surface area contributed by atoms with E-state index in [0.29, 0.717) is 6.04 Å². The molecule has 1 aromatic carbocycles. The number of aryl methyl sites for hydroxylation is 1. The summed E-state index contributed by atoms with van der Waals surface area (Å²) < 4.78 is 5.81. The summed E-state index contributed by atoms with van der Waals surface area (Å²) in [6.07, 6.45) is 14.4. The van der Waals surface area contributed by atoms with Crippen molar-refractivity contribution < 1.29 is 9.21 Å². The molecular formula is C25H26N4O2. The van der Waals surface area contributed by atoms with Crippen molar-refractivity contribution in [2.75, 3.05) is 19.6 Å². The van der Waals surface area contributed by atoms with E-state index in [9.17, 15) is 4.79 Å². The third kappa shape index (κ3) is 3.86. The van der Waals surface area contributed by atoms with Crippen LogP contribution in [0.15, 0.2) is 76.7 Å². The van der Waals surface area contributed by atoms with Crippen LogP contribution in [-0.2, 0) is 11.2 Å². The van der Waals surface area contributed by atoms with E-state index in [1.807, 2.05) is 55.6 Å². The van der Waals surface area contributed by atoms with Crippen molar-refractivity contribution in [2.45, 2.75) is 26.3 Å². The number of nitrogens with zero attached hydrogens (tertiary/aromatic N) is 3. The summed E-state index contributed by atoms with van der Waals surface area (Å²) in [6, 6.07) is 6.31. The fourth-order valence-corrected chi connectivity index (χ4v) is 4.17. The smallest absolute Gasteiger partial charge is 0.255 e. The van der Waals surface area contributed by atoms with Crippen LogP contribution in [0.3, 0.4) is 0 Å². The van der Waals surface area contributed by atoms with Gasteiger partial charge in [-0.25, -0.2) is 4.98 Å². The van der Waals surface area contributed by atoms with Crippen LogP contribution in [0.5, 0.6) is 0 Å². The predicted octanol–water partition coefficient (Wildman–Crippen LogP) is 3.76. The van der Waals surface area contributed by atoms with Gasteiger partial charge >= 0.3 is 0 Å². The molecule has 2 aromatic rings. The summed E-state index contributed by atoms with van der Waals surface area (Å²) in [5.74, 6) is 0.653. The van der Waals surface area contributed by atoms with E-state index >= 15 is 0 Å². The summed E-state index contributed by atoms with van der Waals surface area (Å²) >= 11 is 0. The molecule has 0 spiro atoms. The number of nitrogens with one attached hydrogen (secondary N) is 1. The molecule has 4 heterocycles. The lowest BCUT2D eigenvalue weighted by molar-refractivity contribution is -0.122. The van der Waals surface area contributed by atoms with Crippen molar-refractivity contribution in [1.82, 2.24) is 20.1 Å². The van der Waals surface area contributed by atoms with Gasteiger partial charge in [-0.1, -0.05) is 25.1 Å². The van der Waals surface area contributed by atoms with Gasteiger partial charge in [0.2, 0.25) is 0 Å². The van der Waals surface area contributed by atoms with E-state index in [4.69, 9.17) is 4.42 Å². The van der Waals surface area contributed by atoms with Crippen molar-refractivity contribution in [3.63, 3.8) is 0 Å². The molecule has 6 heteroatoms. The Morgan fingerprint density at radius 2 is 2.10 bits per heavy atom. The lowest BCUT2D eigenvalue weighted by Gasteiger charge is -2.36. The Labute approximate surface area is 181 Å². The fourth-order valence-electron chi connectivity index (χ4n) is 4.17. The van der Waals surface area contributed by atoms with Crippen LogP contribution in [0.1, 0.15) is 25.3 Å². The lowest BCUT2D eigenvalue weighted by Crippen LogP contribution is -2.48. The van der Waals surface area contributed by atoms with Crippen molar-refractivity contribution in [1.29, 1.82) is 0 Å². The predicted molar refractivity (Wildman–Crippen MR) is 122 cm³/mol. The van der Waals surface area contributed by atoms with Crippen molar-refractivity contribution in [3.8, 4) is 0 Å². The number of rotatable bonds is 3. The molecule has 1 N–H and O–H groups in total. The molecule has 158 valence electrons. The van der Waals surface area contributed by atoms with E-state index < -0.39 is 0 Å². The van der Waals surface area contributed by atoms with Gasteiger partial charge in [0.05, 0.1) is 5.70 Å². The summed E-state index contributed by atoms with van der Waals surface area (Å²) in [7, 11) is 0. The number of carbonyl (C=O) groups excluding carboxylic acids is 1. The monoisotopic (exact) mass is 414 g/mol. The molecule has 0 saturated carbocycles. The third-order valence-electron chi connectivity index (χ3n) is 5.83. The topological polar surface area (TPSA) is 61.6 Å². The van der Waals surface area contributed by atoms with Crippen LogP contribution in [0.4, 0.5) is 0 Å². The number of allylic oxidation sites excluding steroid dienone is 6. The molecule has 1 saturated heterocycles. The molecule has 5 rings (SSSR count). The molecule has 1 amide bonds. The first kappa shape index (κ1) is 19.6. The molecule has 3 aliphatic rings. The molecule has 0 radical (unpaired) electrons. The number of carbonyl (C=O) groups is 1. The van der Waals surface area contributed by atoms with Crippen LogP contribution < -0.4 is 5.32 Å². The highest BCUT2D eigenvalue weighted by Crippen LogP contribution is 2.27. The Hall–Kier alpha value is -3.38.